The van der Waals surface area contributed by atoms with Crippen LogP contribution >= 0.6 is 11.8 Å². The number of benzene rings is 2. The predicted octanol–water partition coefficient (Wildman–Crippen LogP) is 2.62. The fourth-order valence-electron chi connectivity index (χ4n) is 2.12. The van der Waals surface area contributed by atoms with Crippen LogP contribution in [0, 0.1) is 0 Å². The molecule has 0 saturated carbocycles. The van der Waals surface area contributed by atoms with Gasteiger partial charge in [-0.05, 0) is 29.5 Å². The first kappa shape index (κ1) is 18.0. The number of hydrogen-bond donors (Lipinski definition) is 2. The van der Waals surface area contributed by atoms with E-state index in [1.807, 2.05) is 30.3 Å². The Balaban J connectivity index is 1.68. The molecule has 2 aromatic rings. The molecule has 6 heteroatoms. The van der Waals surface area contributed by atoms with Crippen molar-refractivity contribution in [3.8, 4) is 0 Å². The Bertz CT molecular complexity index is 686. The van der Waals surface area contributed by atoms with Crippen LogP contribution in [0.3, 0.4) is 0 Å². The first-order valence-electron chi connectivity index (χ1n) is 7.44. The summed E-state index contributed by atoms with van der Waals surface area (Å²) < 4.78 is 26.5. The van der Waals surface area contributed by atoms with E-state index in [1.54, 1.807) is 11.8 Å². The first-order valence-corrected chi connectivity index (χ1v) is 10.3. The molecule has 0 atom stereocenters. The maximum absolute atomic E-state index is 12.0. The summed E-state index contributed by atoms with van der Waals surface area (Å²) >= 11 is 1.72. The van der Waals surface area contributed by atoms with Crippen LogP contribution in [-0.2, 0) is 22.3 Å². The molecule has 0 aliphatic rings. The Hall–Kier alpha value is -1.34. The summed E-state index contributed by atoms with van der Waals surface area (Å²) in [5.74, 6) is 0.0178. The van der Waals surface area contributed by atoms with Crippen molar-refractivity contribution >= 4 is 21.8 Å². The van der Waals surface area contributed by atoms with Gasteiger partial charge in [0.25, 0.3) is 0 Å². The molecule has 0 fully saturated rings. The third kappa shape index (κ3) is 6.74. The Kier molecular flexibility index (Phi) is 7.11. The molecular weight excluding hydrogens is 328 g/mol. The minimum Gasteiger partial charge on any atom is -0.311 e. The van der Waals surface area contributed by atoms with Crippen LogP contribution in [0.2, 0.25) is 0 Å². The third-order valence-electron chi connectivity index (χ3n) is 3.31. The summed E-state index contributed by atoms with van der Waals surface area (Å²) in [6.45, 7) is 1.71. The Labute approximate surface area is 142 Å². The van der Waals surface area contributed by atoms with E-state index >= 15 is 0 Å². The number of rotatable bonds is 9. The Morgan fingerprint density at radius 1 is 0.913 bits per heavy atom. The van der Waals surface area contributed by atoms with E-state index in [0.717, 1.165) is 12.1 Å². The van der Waals surface area contributed by atoms with Crippen molar-refractivity contribution in [2.75, 3.05) is 19.3 Å². The number of hydrogen-bond acceptors (Lipinski definition) is 4. The topological polar surface area (TPSA) is 58.2 Å². The van der Waals surface area contributed by atoms with Gasteiger partial charge in [0.15, 0.2) is 0 Å². The lowest BCUT2D eigenvalue weighted by atomic mass is 10.2. The van der Waals surface area contributed by atoms with Gasteiger partial charge in [-0.1, -0.05) is 42.5 Å². The van der Waals surface area contributed by atoms with Crippen LogP contribution in [-0.4, -0.2) is 27.8 Å². The number of nitrogens with one attached hydrogen (secondary N) is 2. The van der Waals surface area contributed by atoms with Crippen LogP contribution in [0.15, 0.2) is 59.5 Å². The van der Waals surface area contributed by atoms with Gasteiger partial charge in [-0.25, -0.2) is 13.1 Å². The monoisotopic (exact) mass is 350 g/mol. The second-order valence-corrected chi connectivity index (χ2v) is 7.85. The molecule has 2 rings (SSSR count). The van der Waals surface area contributed by atoms with E-state index in [4.69, 9.17) is 0 Å². The molecule has 2 N–H and O–H groups in total. The first-order chi connectivity index (χ1) is 11.1. The molecule has 23 heavy (non-hydrogen) atoms. The van der Waals surface area contributed by atoms with Gasteiger partial charge in [0, 0.05) is 24.5 Å². The van der Waals surface area contributed by atoms with E-state index in [-0.39, 0.29) is 5.75 Å². The van der Waals surface area contributed by atoms with Gasteiger partial charge < -0.3 is 5.32 Å². The van der Waals surface area contributed by atoms with E-state index in [9.17, 15) is 8.42 Å². The molecular formula is C17H22N2O2S2. The summed E-state index contributed by atoms with van der Waals surface area (Å²) in [4.78, 5) is 1.24. The van der Waals surface area contributed by atoms with E-state index in [0.29, 0.717) is 13.1 Å². The van der Waals surface area contributed by atoms with Gasteiger partial charge in [0.1, 0.15) is 0 Å². The second kappa shape index (κ2) is 9.08. The van der Waals surface area contributed by atoms with Gasteiger partial charge in [0.05, 0.1) is 5.75 Å². The van der Waals surface area contributed by atoms with Crippen molar-refractivity contribution in [2.45, 2.75) is 17.2 Å². The normalized spacial score (nSPS) is 11.5. The zero-order valence-electron chi connectivity index (χ0n) is 13.2. The minimum absolute atomic E-state index is 0.0178. The molecule has 0 spiro atoms. The van der Waals surface area contributed by atoms with Gasteiger partial charge in [0.2, 0.25) is 10.0 Å². The molecule has 0 saturated heterocycles. The van der Waals surface area contributed by atoms with Gasteiger partial charge in [-0.2, -0.15) is 0 Å². The van der Waals surface area contributed by atoms with Crippen molar-refractivity contribution in [1.82, 2.24) is 10.0 Å². The second-order valence-electron chi connectivity index (χ2n) is 5.16. The predicted molar refractivity (Wildman–Crippen MR) is 97.0 cm³/mol. The summed E-state index contributed by atoms with van der Waals surface area (Å²) in [6.07, 6.45) is 2.05. The lowest BCUT2D eigenvalue weighted by Gasteiger charge is -2.08. The molecule has 4 nitrogen and oxygen atoms in total. The highest BCUT2D eigenvalue weighted by Gasteiger charge is 2.10. The molecule has 0 aromatic heterocycles. The van der Waals surface area contributed by atoms with Gasteiger partial charge >= 0.3 is 0 Å². The molecule has 2 aromatic carbocycles. The van der Waals surface area contributed by atoms with Crippen LogP contribution in [0.4, 0.5) is 0 Å². The molecule has 0 amide bonds. The van der Waals surface area contributed by atoms with Crippen LogP contribution in [0.1, 0.15) is 11.1 Å². The van der Waals surface area contributed by atoms with E-state index in [2.05, 4.69) is 40.6 Å². The number of sulfonamides is 1. The maximum atomic E-state index is 12.0. The van der Waals surface area contributed by atoms with Gasteiger partial charge in [-0.3, -0.25) is 0 Å². The van der Waals surface area contributed by atoms with Crippen LogP contribution < -0.4 is 10.0 Å². The Morgan fingerprint density at radius 2 is 1.61 bits per heavy atom. The van der Waals surface area contributed by atoms with Crippen molar-refractivity contribution < 1.29 is 8.42 Å². The zero-order valence-corrected chi connectivity index (χ0v) is 14.8. The lowest BCUT2D eigenvalue weighted by molar-refractivity contribution is 0.575. The third-order valence-corrected chi connectivity index (χ3v) is 5.41. The fraction of sp³-hybridized carbons (Fsp3) is 0.294. The van der Waals surface area contributed by atoms with Crippen molar-refractivity contribution in [3.63, 3.8) is 0 Å². The van der Waals surface area contributed by atoms with Crippen molar-refractivity contribution in [3.05, 3.63) is 65.7 Å². The molecule has 0 radical (unpaired) electrons. The minimum atomic E-state index is -3.28. The average Bonchev–Trinajstić information content (AvgIpc) is 2.55. The number of thioether (sulfide) groups is 1. The highest BCUT2D eigenvalue weighted by Crippen LogP contribution is 2.14. The van der Waals surface area contributed by atoms with E-state index < -0.39 is 10.0 Å². The molecule has 0 heterocycles. The van der Waals surface area contributed by atoms with Crippen molar-refractivity contribution in [1.29, 1.82) is 0 Å². The SMILES string of the molecule is CSc1ccc(CNCCNS(=O)(=O)Cc2ccccc2)cc1. The molecule has 0 aliphatic heterocycles. The van der Waals surface area contributed by atoms with Crippen molar-refractivity contribution in [2.24, 2.45) is 0 Å². The maximum Gasteiger partial charge on any atom is 0.215 e. The largest absolute Gasteiger partial charge is 0.311 e. The van der Waals surface area contributed by atoms with E-state index in [1.165, 1.54) is 10.5 Å². The fourth-order valence-corrected chi connectivity index (χ4v) is 3.67. The zero-order chi connectivity index (χ0) is 16.5. The highest BCUT2D eigenvalue weighted by atomic mass is 32.2. The van der Waals surface area contributed by atoms with Crippen LogP contribution in [0.25, 0.3) is 0 Å². The lowest BCUT2D eigenvalue weighted by Crippen LogP contribution is -2.32. The summed E-state index contributed by atoms with van der Waals surface area (Å²) in [5, 5.41) is 3.24. The highest BCUT2D eigenvalue weighted by molar-refractivity contribution is 7.98. The molecule has 0 aliphatic carbocycles. The van der Waals surface area contributed by atoms with Crippen LogP contribution in [0.5, 0.6) is 0 Å². The summed E-state index contributed by atoms with van der Waals surface area (Å²) in [5.41, 5.74) is 1.98. The standard InChI is InChI=1S/C17H22N2O2S2/c1-22-17-9-7-15(8-10-17)13-18-11-12-19-23(20,21)14-16-5-3-2-4-6-16/h2-10,18-19H,11-14H2,1H3. The molecule has 124 valence electrons. The van der Waals surface area contributed by atoms with Gasteiger partial charge in [-0.15, -0.1) is 11.8 Å². The smallest absolute Gasteiger partial charge is 0.215 e. The summed E-state index contributed by atoms with van der Waals surface area (Å²) in [6, 6.07) is 17.5. The quantitative estimate of drug-likeness (QED) is 0.539. The Morgan fingerprint density at radius 3 is 2.26 bits per heavy atom. The summed E-state index contributed by atoms with van der Waals surface area (Å²) in [7, 11) is -3.28. The molecule has 0 unspecified atom stereocenters. The average molecular weight is 351 g/mol. The molecule has 0 bridgehead atoms.